The number of aryl methyl sites for hydroxylation is 1. The van der Waals surface area contributed by atoms with Crippen molar-refractivity contribution in [1.82, 2.24) is 10.3 Å². The molecule has 1 aliphatic carbocycles. The van der Waals surface area contributed by atoms with Gasteiger partial charge in [-0.05, 0) is 42.9 Å². The molecule has 0 saturated carbocycles. The number of rotatable bonds is 7. The molecule has 1 aromatic carbocycles. The van der Waals surface area contributed by atoms with E-state index in [2.05, 4.69) is 12.3 Å². The van der Waals surface area contributed by atoms with Crippen LogP contribution in [0.5, 0.6) is 5.75 Å². The topological polar surface area (TPSA) is 128 Å². The lowest BCUT2D eigenvalue weighted by atomic mass is 9.87. The number of benzene rings is 1. The predicted molar refractivity (Wildman–Crippen MR) is 108 cm³/mol. The molecule has 1 heterocycles. The second kappa shape index (κ2) is 8.47. The van der Waals surface area contributed by atoms with Gasteiger partial charge in [-0.15, -0.1) is 16.2 Å². The number of hydrogen-bond donors (Lipinski definition) is 2. The third-order valence-corrected chi connectivity index (χ3v) is 7.44. The van der Waals surface area contributed by atoms with E-state index in [9.17, 15) is 23.3 Å². The summed E-state index contributed by atoms with van der Waals surface area (Å²) in [6.45, 7) is 2.15. The number of hydrogen-bond acceptors (Lipinski definition) is 7. The van der Waals surface area contributed by atoms with Gasteiger partial charge in [-0.25, -0.2) is 8.42 Å². The van der Waals surface area contributed by atoms with E-state index in [1.54, 1.807) is 6.07 Å². The Labute approximate surface area is 172 Å². The number of ether oxygens (including phenoxy) is 1. The Kier molecular flexibility index (Phi) is 6.20. The Balaban J connectivity index is 1.76. The predicted octanol–water partition coefficient (Wildman–Crippen LogP) is 2.80. The lowest BCUT2D eigenvalue weighted by Gasteiger charge is -2.19. The highest BCUT2D eigenvalue weighted by molar-refractivity contribution is 7.89. The summed E-state index contributed by atoms with van der Waals surface area (Å²) in [4.78, 5) is 25.8. The van der Waals surface area contributed by atoms with Crippen LogP contribution < -0.4 is 15.0 Å². The Hall–Kier alpha value is -2.50. The molecule has 156 valence electrons. The van der Waals surface area contributed by atoms with Crippen molar-refractivity contribution in [2.45, 2.75) is 37.5 Å². The van der Waals surface area contributed by atoms with Gasteiger partial charge in [0, 0.05) is 17.0 Å². The van der Waals surface area contributed by atoms with Gasteiger partial charge in [0.25, 0.3) is 21.6 Å². The molecule has 0 aliphatic heterocycles. The van der Waals surface area contributed by atoms with Gasteiger partial charge in [0.15, 0.2) is 0 Å². The van der Waals surface area contributed by atoms with Gasteiger partial charge >= 0.3 is 0 Å². The molecule has 1 unspecified atom stereocenters. The second-order valence-corrected chi connectivity index (χ2v) is 9.52. The summed E-state index contributed by atoms with van der Waals surface area (Å²) in [7, 11) is -3.04. The zero-order valence-corrected chi connectivity index (χ0v) is 17.6. The summed E-state index contributed by atoms with van der Waals surface area (Å²) in [5.41, 5.74) is 2.91. The summed E-state index contributed by atoms with van der Waals surface area (Å²) in [5, 5.41) is 11.0. The van der Waals surface area contributed by atoms with Gasteiger partial charge in [0.05, 0.1) is 16.9 Å². The van der Waals surface area contributed by atoms with Crippen LogP contribution in [0.3, 0.4) is 0 Å². The number of nitrogens with one attached hydrogen (secondary N) is 2. The Morgan fingerprint density at radius 2 is 2.14 bits per heavy atom. The van der Waals surface area contributed by atoms with Crippen LogP contribution >= 0.6 is 11.3 Å². The molecule has 29 heavy (non-hydrogen) atoms. The SMILES string of the molecule is CCC1CCc2sc(C(=O)NNS(=O)(=O)c3cc([N+](=O)[O-])ccc3OC)cc2C1. The highest BCUT2D eigenvalue weighted by Crippen LogP contribution is 2.33. The number of thiophene rings is 1. The number of fused-ring (bicyclic) bond motifs is 1. The first-order chi connectivity index (χ1) is 13.7. The Morgan fingerprint density at radius 1 is 1.38 bits per heavy atom. The molecule has 11 heteroatoms. The van der Waals surface area contributed by atoms with Gasteiger partial charge < -0.3 is 4.74 Å². The fourth-order valence-electron chi connectivity index (χ4n) is 3.28. The monoisotopic (exact) mass is 439 g/mol. The van der Waals surface area contributed by atoms with E-state index in [-0.39, 0.29) is 5.75 Å². The van der Waals surface area contributed by atoms with Crippen LogP contribution in [0, 0.1) is 16.0 Å². The van der Waals surface area contributed by atoms with Crippen molar-refractivity contribution >= 4 is 33.0 Å². The van der Waals surface area contributed by atoms with Gasteiger partial charge in [0.2, 0.25) is 0 Å². The number of hydrazine groups is 1. The van der Waals surface area contributed by atoms with Crippen LogP contribution in [0.2, 0.25) is 0 Å². The van der Waals surface area contributed by atoms with Gasteiger partial charge in [-0.2, -0.15) is 0 Å². The average molecular weight is 440 g/mol. The normalized spacial score (nSPS) is 16.1. The van der Waals surface area contributed by atoms with E-state index in [0.717, 1.165) is 48.3 Å². The largest absolute Gasteiger partial charge is 0.495 e. The van der Waals surface area contributed by atoms with E-state index in [4.69, 9.17) is 4.74 Å². The minimum absolute atomic E-state index is 0.0745. The fourth-order valence-corrected chi connectivity index (χ4v) is 5.41. The molecule has 2 N–H and O–H groups in total. The average Bonchev–Trinajstić information content (AvgIpc) is 3.14. The quantitative estimate of drug-likeness (QED) is 0.504. The smallest absolute Gasteiger partial charge is 0.276 e. The maximum Gasteiger partial charge on any atom is 0.276 e. The van der Waals surface area contributed by atoms with Gasteiger partial charge in [-0.1, -0.05) is 13.3 Å². The molecule has 0 radical (unpaired) electrons. The number of methoxy groups -OCH3 is 1. The first kappa shape index (κ1) is 21.2. The number of nitro benzene ring substituents is 1. The van der Waals surface area contributed by atoms with Crippen molar-refractivity contribution in [3.05, 3.63) is 49.7 Å². The maximum absolute atomic E-state index is 12.6. The Morgan fingerprint density at radius 3 is 2.79 bits per heavy atom. The van der Waals surface area contributed by atoms with Crippen molar-refractivity contribution in [2.24, 2.45) is 5.92 Å². The number of carbonyl (C=O) groups excluding carboxylic acids is 1. The van der Waals surface area contributed by atoms with Gasteiger partial charge in [-0.3, -0.25) is 20.3 Å². The van der Waals surface area contributed by atoms with E-state index >= 15 is 0 Å². The number of amides is 1. The Bertz CT molecular complexity index is 1050. The minimum atomic E-state index is -4.28. The van der Waals surface area contributed by atoms with Crippen LogP contribution in [0.1, 0.15) is 39.9 Å². The lowest BCUT2D eigenvalue weighted by Crippen LogP contribution is -2.41. The fraction of sp³-hybridized carbons (Fsp3) is 0.389. The zero-order chi connectivity index (χ0) is 21.2. The van der Waals surface area contributed by atoms with Crippen LogP contribution in [-0.4, -0.2) is 26.4 Å². The summed E-state index contributed by atoms with van der Waals surface area (Å²) < 4.78 is 30.1. The van der Waals surface area contributed by atoms with Crippen molar-refractivity contribution < 1.29 is 22.9 Å². The lowest BCUT2D eigenvalue weighted by molar-refractivity contribution is -0.385. The molecule has 9 nitrogen and oxygen atoms in total. The molecule has 1 atom stereocenters. The van der Waals surface area contributed by atoms with Gasteiger partial charge in [0.1, 0.15) is 10.6 Å². The number of non-ortho nitro benzene ring substituents is 1. The van der Waals surface area contributed by atoms with Crippen molar-refractivity contribution in [3.63, 3.8) is 0 Å². The third-order valence-electron chi connectivity index (χ3n) is 4.93. The van der Waals surface area contributed by atoms with Crippen LogP contribution in [0.4, 0.5) is 5.69 Å². The molecule has 2 aromatic rings. The summed E-state index contributed by atoms with van der Waals surface area (Å²) in [6, 6.07) is 5.00. The minimum Gasteiger partial charge on any atom is -0.495 e. The van der Waals surface area contributed by atoms with Crippen molar-refractivity contribution in [3.8, 4) is 5.75 Å². The molecular formula is C18H21N3O6S2. The van der Waals surface area contributed by atoms with Crippen LogP contribution in [-0.2, 0) is 22.9 Å². The molecule has 3 rings (SSSR count). The summed E-state index contributed by atoms with van der Waals surface area (Å²) in [6.07, 6.45) is 4.01. The highest BCUT2D eigenvalue weighted by atomic mass is 32.2. The molecule has 0 fully saturated rings. The zero-order valence-electron chi connectivity index (χ0n) is 15.9. The number of sulfonamides is 1. The summed E-state index contributed by atoms with van der Waals surface area (Å²) in [5.74, 6) is -0.0483. The molecule has 0 bridgehead atoms. The molecule has 1 aliphatic rings. The molecule has 0 saturated heterocycles. The van der Waals surface area contributed by atoms with Crippen molar-refractivity contribution in [1.29, 1.82) is 0 Å². The first-order valence-corrected chi connectivity index (χ1v) is 11.3. The molecule has 0 spiro atoms. The van der Waals surface area contributed by atoms with E-state index in [1.165, 1.54) is 24.5 Å². The second-order valence-electron chi connectivity index (χ2n) is 6.73. The molecule has 1 aromatic heterocycles. The number of nitro groups is 1. The molecule has 1 amide bonds. The van der Waals surface area contributed by atoms with Crippen LogP contribution in [0.15, 0.2) is 29.2 Å². The third kappa shape index (κ3) is 4.57. The maximum atomic E-state index is 12.6. The standard InChI is InChI=1S/C18H21N3O6S2/c1-3-11-4-7-15-12(8-11)9-16(28-15)18(22)19-20-29(25,26)17-10-13(21(23)24)5-6-14(17)27-2/h5-6,9-11,20H,3-4,7-8H2,1-2H3,(H,19,22). The van der Waals surface area contributed by atoms with Crippen LogP contribution in [0.25, 0.3) is 0 Å². The number of nitrogens with zero attached hydrogens (tertiary/aromatic N) is 1. The summed E-state index contributed by atoms with van der Waals surface area (Å²) >= 11 is 1.36. The first-order valence-electron chi connectivity index (χ1n) is 9.01. The van der Waals surface area contributed by atoms with E-state index in [1.807, 2.05) is 4.83 Å². The van der Waals surface area contributed by atoms with E-state index in [0.29, 0.717) is 10.8 Å². The molecular weight excluding hydrogens is 418 g/mol. The highest BCUT2D eigenvalue weighted by Gasteiger charge is 2.25. The van der Waals surface area contributed by atoms with Crippen molar-refractivity contribution in [2.75, 3.05) is 7.11 Å². The van der Waals surface area contributed by atoms with E-state index < -0.39 is 31.4 Å². The number of carbonyl (C=O) groups is 1.